The largest absolute Gasteiger partial charge is 0.478 e. The van der Waals surface area contributed by atoms with Crippen LogP contribution >= 0.6 is 0 Å². The number of hydrogen-bond acceptors (Lipinski definition) is 2. The summed E-state index contributed by atoms with van der Waals surface area (Å²) in [5.41, 5.74) is 6.57. The van der Waals surface area contributed by atoms with Gasteiger partial charge in [0.15, 0.2) is 0 Å². The number of aryl methyl sites for hydroxylation is 3. The van der Waals surface area contributed by atoms with Crippen molar-refractivity contribution in [1.82, 2.24) is 4.98 Å². The quantitative estimate of drug-likeness (QED) is 0.508. The van der Waals surface area contributed by atoms with Gasteiger partial charge in [0.25, 0.3) is 0 Å². The maximum atomic E-state index is 5.39. The SMILES string of the molecule is CCCc1ccc(-c2ccc(CCc3ccc(OCC)nc3)cc2)cc1. The molecule has 2 nitrogen and oxygen atoms in total. The molecule has 26 heavy (non-hydrogen) atoms. The van der Waals surface area contributed by atoms with E-state index < -0.39 is 0 Å². The number of benzene rings is 2. The average molecular weight is 345 g/mol. The fourth-order valence-corrected chi connectivity index (χ4v) is 3.10. The van der Waals surface area contributed by atoms with E-state index in [-0.39, 0.29) is 0 Å². The Kier molecular flexibility index (Phi) is 6.43. The molecule has 0 aliphatic heterocycles. The summed E-state index contributed by atoms with van der Waals surface area (Å²) in [6.07, 6.45) is 6.27. The standard InChI is InChI=1S/C24H27NO/c1-3-5-19-8-13-22(14-9-19)23-15-10-20(11-16-23)6-7-21-12-17-24(25-18-21)26-4-2/h8-18H,3-7H2,1-2H3. The van der Waals surface area contributed by atoms with Crippen LogP contribution in [0, 0.1) is 0 Å². The second-order valence-corrected chi connectivity index (χ2v) is 6.58. The summed E-state index contributed by atoms with van der Waals surface area (Å²) in [5.74, 6) is 0.700. The molecular weight excluding hydrogens is 318 g/mol. The molecule has 0 bridgehead atoms. The number of aromatic nitrogens is 1. The van der Waals surface area contributed by atoms with Gasteiger partial charge in [0.1, 0.15) is 0 Å². The summed E-state index contributed by atoms with van der Waals surface area (Å²) in [7, 11) is 0. The minimum Gasteiger partial charge on any atom is -0.478 e. The predicted octanol–water partition coefficient (Wildman–Crippen LogP) is 5.89. The summed E-state index contributed by atoms with van der Waals surface area (Å²) in [6, 6.07) is 21.9. The van der Waals surface area contributed by atoms with Crippen LogP contribution in [0.25, 0.3) is 11.1 Å². The average Bonchev–Trinajstić information content (AvgIpc) is 2.69. The third kappa shape index (κ3) is 4.95. The summed E-state index contributed by atoms with van der Waals surface area (Å²) in [4.78, 5) is 4.33. The van der Waals surface area contributed by atoms with Gasteiger partial charge in [-0.2, -0.15) is 0 Å². The maximum absolute atomic E-state index is 5.39. The Morgan fingerprint density at radius 1 is 0.654 bits per heavy atom. The molecule has 0 aliphatic carbocycles. The molecule has 0 radical (unpaired) electrons. The smallest absolute Gasteiger partial charge is 0.213 e. The van der Waals surface area contributed by atoms with Crippen molar-refractivity contribution in [2.75, 3.05) is 6.61 Å². The molecular formula is C24H27NO. The molecule has 2 aromatic carbocycles. The molecule has 3 aromatic rings. The number of nitrogens with zero attached hydrogens (tertiary/aromatic N) is 1. The van der Waals surface area contributed by atoms with Crippen LogP contribution in [0.3, 0.4) is 0 Å². The lowest BCUT2D eigenvalue weighted by Gasteiger charge is -2.07. The number of ether oxygens (including phenoxy) is 1. The van der Waals surface area contributed by atoms with E-state index in [9.17, 15) is 0 Å². The van der Waals surface area contributed by atoms with Gasteiger partial charge in [-0.25, -0.2) is 4.98 Å². The first-order valence-corrected chi connectivity index (χ1v) is 9.54. The van der Waals surface area contributed by atoms with Crippen molar-refractivity contribution >= 4 is 0 Å². The molecule has 0 saturated carbocycles. The molecule has 0 atom stereocenters. The van der Waals surface area contributed by atoms with Gasteiger partial charge in [0.2, 0.25) is 5.88 Å². The van der Waals surface area contributed by atoms with Crippen LogP contribution in [0.5, 0.6) is 5.88 Å². The topological polar surface area (TPSA) is 22.1 Å². The van der Waals surface area contributed by atoms with E-state index >= 15 is 0 Å². The molecule has 0 saturated heterocycles. The molecule has 0 amide bonds. The summed E-state index contributed by atoms with van der Waals surface area (Å²) >= 11 is 0. The Morgan fingerprint density at radius 2 is 1.19 bits per heavy atom. The monoisotopic (exact) mass is 345 g/mol. The molecule has 2 heteroatoms. The zero-order valence-corrected chi connectivity index (χ0v) is 15.7. The molecule has 0 fully saturated rings. The van der Waals surface area contributed by atoms with Gasteiger partial charge in [0, 0.05) is 12.3 Å². The normalized spacial score (nSPS) is 10.7. The fourth-order valence-electron chi connectivity index (χ4n) is 3.10. The van der Waals surface area contributed by atoms with Crippen molar-refractivity contribution < 1.29 is 4.74 Å². The Bertz CT molecular complexity index is 789. The second-order valence-electron chi connectivity index (χ2n) is 6.58. The Hall–Kier alpha value is -2.61. The Morgan fingerprint density at radius 3 is 1.69 bits per heavy atom. The fraction of sp³-hybridized carbons (Fsp3) is 0.292. The minimum atomic E-state index is 0.653. The number of rotatable bonds is 8. The Balaban J connectivity index is 1.58. The maximum Gasteiger partial charge on any atom is 0.213 e. The van der Waals surface area contributed by atoms with Crippen LogP contribution in [-0.4, -0.2) is 11.6 Å². The van der Waals surface area contributed by atoms with E-state index in [4.69, 9.17) is 4.74 Å². The van der Waals surface area contributed by atoms with Crippen molar-refractivity contribution in [3.63, 3.8) is 0 Å². The van der Waals surface area contributed by atoms with E-state index in [2.05, 4.69) is 66.5 Å². The number of pyridine rings is 1. The van der Waals surface area contributed by atoms with Crippen LogP contribution in [-0.2, 0) is 19.3 Å². The Labute approximate surface area is 156 Å². The van der Waals surface area contributed by atoms with Crippen LogP contribution < -0.4 is 4.74 Å². The van der Waals surface area contributed by atoms with Crippen LogP contribution in [0.2, 0.25) is 0 Å². The third-order valence-electron chi connectivity index (χ3n) is 4.57. The highest BCUT2D eigenvalue weighted by Gasteiger charge is 2.01. The van der Waals surface area contributed by atoms with Crippen molar-refractivity contribution in [3.05, 3.63) is 83.6 Å². The minimum absolute atomic E-state index is 0.653. The van der Waals surface area contributed by atoms with Gasteiger partial charge >= 0.3 is 0 Å². The van der Waals surface area contributed by atoms with Crippen LogP contribution in [0.15, 0.2) is 66.9 Å². The van der Waals surface area contributed by atoms with E-state index in [1.54, 1.807) is 0 Å². The molecule has 1 heterocycles. The molecule has 0 N–H and O–H groups in total. The number of hydrogen-bond donors (Lipinski definition) is 0. The van der Waals surface area contributed by atoms with E-state index in [1.807, 2.05) is 19.2 Å². The van der Waals surface area contributed by atoms with Gasteiger partial charge < -0.3 is 4.74 Å². The van der Waals surface area contributed by atoms with Crippen molar-refractivity contribution in [3.8, 4) is 17.0 Å². The second kappa shape index (κ2) is 9.19. The van der Waals surface area contributed by atoms with Crippen LogP contribution in [0.1, 0.15) is 37.0 Å². The van der Waals surface area contributed by atoms with Crippen LogP contribution in [0.4, 0.5) is 0 Å². The highest BCUT2D eigenvalue weighted by atomic mass is 16.5. The molecule has 0 aliphatic rings. The van der Waals surface area contributed by atoms with Gasteiger partial charge in [0.05, 0.1) is 6.61 Å². The summed E-state index contributed by atoms with van der Waals surface area (Å²) in [6.45, 7) is 4.84. The van der Waals surface area contributed by atoms with Crippen molar-refractivity contribution in [1.29, 1.82) is 0 Å². The first-order valence-electron chi connectivity index (χ1n) is 9.54. The molecule has 0 spiro atoms. The predicted molar refractivity (Wildman–Crippen MR) is 109 cm³/mol. The van der Waals surface area contributed by atoms with E-state index in [0.717, 1.165) is 19.3 Å². The highest BCUT2D eigenvalue weighted by Crippen LogP contribution is 2.21. The van der Waals surface area contributed by atoms with Gasteiger partial charge in [-0.05, 0) is 54.0 Å². The zero-order valence-electron chi connectivity index (χ0n) is 15.7. The van der Waals surface area contributed by atoms with E-state index in [0.29, 0.717) is 12.5 Å². The summed E-state index contributed by atoms with van der Waals surface area (Å²) in [5, 5.41) is 0. The van der Waals surface area contributed by atoms with Gasteiger partial charge in [-0.15, -0.1) is 0 Å². The first kappa shape index (κ1) is 18.2. The molecule has 1 aromatic heterocycles. The molecule has 0 unspecified atom stereocenters. The third-order valence-corrected chi connectivity index (χ3v) is 4.57. The van der Waals surface area contributed by atoms with Gasteiger partial charge in [-0.3, -0.25) is 0 Å². The lowest BCUT2D eigenvalue weighted by molar-refractivity contribution is 0.326. The highest BCUT2D eigenvalue weighted by molar-refractivity contribution is 5.64. The first-order chi connectivity index (χ1) is 12.8. The zero-order chi connectivity index (χ0) is 18.2. The van der Waals surface area contributed by atoms with Crippen molar-refractivity contribution in [2.45, 2.75) is 39.5 Å². The lowest BCUT2D eigenvalue weighted by Crippen LogP contribution is -1.96. The lowest BCUT2D eigenvalue weighted by atomic mass is 9.99. The van der Waals surface area contributed by atoms with E-state index in [1.165, 1.54) is 34.2 Å². The molecule has 3 rings (SSSR count). The van der Waals surface area contributed by atoms with Crippen molar-refractivity contribution in [2.24, 2.45) is 0 Å². The van der Waals surface area contributed by atoms with Gasteiger partial charge in [-0.1, -0.05) is 67.9 Å². The summed E-state index contributed by atoms with van der Waals surface area (Å²) < 4.78 is 5.39. The molecule has 134 valence electrons.